The van der Waals surface area contributed by atoms with Crippen LogP contribution < -0.4 is 5.14 Å². The zero-order valence-electron chi connectivity index (χ0n) is 6.70. The molecular formula is C6H13NO3S. The average Bonchev–Trinajstić information content (AvgIpc) is 2.06. The quantitative estimate of drug-likeness (QED) is 0.608. The number of ether oxygens (including phenoxy) is 1. The van der Waals surface area contributed by atoms with Gasteiger partial charge in [0.05, 0.1) is 5.60 Å². The van der Waals surface area contributed by atoms with Crippen molar-refractivity contribution in [3.8, 4) is 0 Å². The number of rotatable bonds is 1. The minimum absolute atomic E-state index is 0.480. The smallest absolute Gasteiger partial charge is 0.214 e. The Bertz CT molecular complexity index is 245. The molecule has 0 aromatic carbocycles. The van der Waals surface area contributed by atoms with Gasteiger partial charge in [-0.05, 0) is 20.3 Å². The summed E-state index contributed by atoms with van der Waals surface area (Å²) in [4.78, 5) is 0. The monoisotopic (exact) mass is 179 g/mol. The molecule has 1 aliphatic rings. The van der Waals surface area contributed by atoms with E-state index in [1.807, 2.05) is 0 Å². The maximum Gasteiger partial charge on any atom is 0.214 e. The third-order valence-corrected chi connectivity index (χ3v) is 3.62. The highest BCUT2D eigenvalue weighted by Crippen LogP contribution is 2.29. The first-order valence-electron chi connectivity index (χ1n) is 3.49. The lowest BCUT2D eigenvalue weighted by Gasteiger charge is -2.23. The molecule has 5 heteroatoms. The molecule has 1 saturated heterocycles. The standard InChI is InChI=1S/C6H13NO3S/c1-6(2)5(3-4-10-6)11(7,8)9/h5H,3-4H2,1-2H3,(H2,7,8,9). The van der Waals surface area contributed by atoms with E-state index >= 15 is 0 Å². The summed E-state index contributed by atoms with van der Waals surface area (Å²) in [6.45, 7) is 3.97. The van der Waals surface area contributed by atoms with E-state index in [2.05, 4.69) is 0 Å². The van der Waals surface area contributed by atoms with Crippen LogP contribution >= 0.6 is 0 Å². The predicted octanol–water partition coefficient (Wildman–Crippen LogP) is -0.158. The molecular weight excluding hydrogens is 166 g/mol. The fourth-order valence-electron chi connectivity index (χ4n) is 1.43. The summed E-state index contributed by atoms with van der Waals surface area (Å²) in [5, 5.41) is 4.46. The molecule has 0 aromatic heterocycles. The normalized spacial score (nSPS) is 30.6. The Balaban J connectivity index is 2.91. The maximum atomic E-state index is 10.9. The Morgan fingerprint density at radius 1 is 1.55 bits per heavy atom. The van der Waals surface area contributed by atoms with Gasteiger partial charge in [0.2, 0.25) is 10.0 Å². The van der Waals surface area contributed by atoms with Crippen molar-refractivity contribution in [2.45, 2.75) is 31.1 Å². The highest BCUT2D eigenvalue weighted by Gasteiger charge is 2.42. The second-order valence-electron chi connectivity index (χ2n) is 3.32. The predicted molar refractivity (Wildman–Crippen MR) is 41.5 cm³/mol. The van der Waals surface area contributed by atoms with Gasteiger partial charge in [0, 0.05) is 6.61 Å². The van der Waals surface area contributed by atoms with E-state index < -0.39 is 20.9 Å². The molecule has 0 spiro atoms. The van der Waals surface area contributed by atoms with E-state index in [0.717, 1.165) is 0 Å². The Morgan fingerprint density at radius 2 is 2.09 bits per heavy atom. The molecule has 11 heavy (non-hydrogen) atoms. The zero-order chi connectivity index (χ0) is 8.70. The second-order valence-corrected chi connectivity index (χ2v) is 5.07. The first kappa shape index (κ1) is 8.96. The van der Waals surface area contributed by atoms with Crippen LogP contribution in [0.2, 0.25) is 0 Å². The summed E-state index contributed by atoms with van der Waals surface area (Å²) < 4.78 is 27.1. The van der Waals surface area contributed by atoms with E-state index in [9.17, 15) is 8.42 Å². The molecule has 2 N–H and O–H groups in total. The highest BCUT2D eigenvalue weighted by molar-refractivity contribution is 7.89. The van der Waals surface area contributed by atoms with Crippen molar-refractivity contribution in [3.05, 3.63) is 0 Å². The van der Waals surface area contributed by atoms with Gasteiger partial charge >= 0.3 is 0 Å². The lowest BCUT2D eigenvalue weighted by atomic mass is 10.1. The Hall–Kier alpha value is -0.130. The average molecular weight is 179 g/mol. The maximum absolute atomic E-state index is 10.9. The summed E-state index contributed by atoms with van der Waals surface area (Å²) in [5.41, 5.74) is -0.617. The van der Waals surface area contributed by atoms with Crippen LogP contribution in [-0.4, -0.2) is 25.9 Å². The third kappa shape index (κ3) is 1.72. The summed E-state index contributed by atoms with van der Waals surface area (Å²) in [7, 11) is -3.44. The summed E-state index contributed by atoms with van der Waals surface area (Å²) in [6, 6.07) is 0. The Labute approximate surface area is 66.8 Å². The SMILES string of the molecule is CC1(C)OCCC1S(N)(=O)=O. The van der Waals surface area contributed by atoms with Crippen molar-refractivity contribution < 1.29 is 13.2 Å². The van der Waals surface area contributed by atoms with Crippen molar-refractivity contribution in [3.63, 3.8) is 0 Å². The fourth-order valence-corrected chi connectivity index (χ4v) is 2.71. The number of hydrogen-bond donors (Lipinski definition) is 1. The first-order valence-corrected chi connectivity index (χ1v) is 5.10. The van der Waals surface area contributed by atoms with Crippen LogP contribution in [0.25, 0.3) is 0 Å². The molecule has 0 amide bonds. The van der Waals surface area contributed by atoms with Gasteiger partial charge in [-0.3, -0.25) is 0 Å². The van der Waals surface area contributed by atoms with Crippen molar-refractivity contribution in [2.24, 2.45) is 5.14 Å². The second kappa shape index (κ2) is 2.43. The van der Waals surface area contributed by atoms with Crippen LogP contribution in [0.1, 0.15) is 20.3 Å². The van der Waals surface area contributed by atoms with Crippen LogP contribution in [0.5, 0.6) is 0 Å². The first-order chi connectivity index (χ1) is 4.84. The molecule has 66 valence electrons. The van der Waals surface area contributed by atoms with E-state index in [1.165, 1.54) is 0 Å². The van der Waals surface area contributed by atoms with Gasteiger partial charge in [-0.2, -0.15) is 0 Å². The molecule has 0 bridgehead atoms. The fraction of sp³-hybridized carbons (Fsp3) is 1.00. The zero-order valence-corrected chi connectivity index (χ0v) is 7.52. The molecule has 1 heterocycles. The third-order valence-electron chi connectivity index (χ3n) is 2.03. The largest absolute Gasteiger partial charge is 0.374 e. The molecule has 0 aromatic rings. The van der Waals surface area contributed by atoms with Gasteiger partial charge in [0.15, 0.2) is 0 Å². The van der Waals surface area contributed by atoms with Crippen LogP contribution in [0.15, 0.2) is 0 Å². The topological polar surface area (TPSA) is 69.4 Å². The van der Waals surface area contributed by atoms with Crippen molar-refractivity contribution >= 4 is 10.0 Å². The molecule has 1 rings (SSSR count). The summed E-state index contributed by atoms with van der Waals surface area (Å²) >= 11 is 0. The van der Waals surface area contributed by atoms with Gasteiger partial charge in [-0.1, -0.05) is 0 Å². The molecule has 4 nitrogen and oxygen atoms in total. The molecule has 1 unspecified atom stereocenters. The number of nitrogens with two attached hydrogens (primary N) is 1. The number of sulfonamides is 1. The molecule has 0 radical (unpaired) electrons. The van der Waals surface area contributed by atoms with Crippen LogP contribution in [0.3, 0.4) is 0 Å². The van der Waals surface area contributed by atoms with E-state index in [-0.39, 0.29) is 0 Å². The number of hydrogen-bond acceptors (Lipinski definition) is 3. The van der Waals surface area contributed by atoms with Crippen LogP contribution in [0.4, 0.5) is 0 Å². The molecule has 1 atom stereocenters. The lowest BCUT2D eigenvalue weighted by Crippen LogP contribution is -2.41. The summed E-state index contributed by atoms with van der Waals surface area (Å²) in [6.07, 6.45) is 0.506. The van der Waals surface area contributed by atoms with Gasteiger partial charge < -0.3 is 4.74 Å². The van der Waals surface area contributed by atoms with Gasteiger partial charge in [-0.15, -0.1) is 0 Å². The van der Waals surface area contributed by atoms with Crippen molar-refractivity contribution in [2.75, 3.05) is 6.61 Å². The van der Waals surface area contributed by atoms with E-state index in [4.69, 9.17) is 9.88 Å². The van der Waals surface area contributed by atoms with Crippen molar-refractivity contribution in [1.29, 1.82) is 0 Å². The molecule has 0 aliphatic carbocycles. The van der Waals surface area contributed by atoms with Gasteiger partial charge in [-0.25, -0.2) is 13.6 Å². The van der Waals surface area contributed by atoms with Gasteiger partial charge in [0.1, 0.15) is 5.25 Å². The molecule has 0 saturated carbocycles. The van der Waals surface area contributed by atoms with Crippen LogP contribution in [-0.2, 0) is 14.8 Å². The Morgan fingerprint density at radius 3 is 2.27 bits per heavy atom. The lowest BCUT2D eigenvalue weighted by molar-refractivity contribution is 0.0382. The van der Waals surface area contributed by atoms with Crippen LogP contribution in [0, 0.1) is 0 Å². The minimum atomic E-state index is -3.44. The minimum Gasteiger partial charge on any atom is -0.374 e. The van der Waals surface area contributed by atoms with Crippen molar-refractivity contribution in [1.82, 2.24) is 0 Å². The van der Waals surface area contributed by atoms with E-state index in [0.29, 0.717) is 13.0 Å². The highest BCUT2D eigenvalue weighted by atomic mass is 32.2. The summed E-state index contributed by atoms with van der Waals surface area (Å²) in [5.74, 6) is 0. The Kier molecular flexibility index (Phi) is 1.98. The number of primary sulfonamides is 1. The molecule has 1 fully saturated rings. The van der Waals surface area contributed by atoms with E-state index in [1.54, 1.807) is 13.8 Å². The molecule has 1 aliphatic heterocycles. The van der Waals surface area contributed by atoms with Gasteiger partial charge in [0.25, 0.3) is 0 Å².